The molecule has 0 radical (unpaired) electrons. The fraction of sp³-hybridized carbons (Fsp3) is 0.231. The van der Waals surface area contributed by atoms with Gasteiger partial charge in [0.15, 0.2) is 17.5 Å². The highest BCUT2D eigenvalue weighted by atomic mass is 79.9. The third kappa shape index (κ3) is 3.27. The highest BCUT2D eigenvalue weighted by molar-refractivity contribution is 9.10. The van der Waals surface area contributed by atoms with E-state index >= 15 is 0 Å². The minimum absolute atomic E-state index is 0.0710. The molecule has 0 aliphatic carbocycles. The topological polar surface area (TPSA) is 37.8 Å². The number of anilines is 2. The lowest BCUT2D eigenvalue weighted by atomic mass is 10.2. The third-order valence-electron chi connectivity index (χ3n) is 2.48. The summed E-state index contributed by atoms with van der Waals surface area (Å²) in [7, 11) is 0. The summed E-state index contributed by atoms with van der Waals surface area (Å²) in [6.45, 7) is 3.84. The fourth-order valence-electron chi connectivity index (χ4n) is 1.53. The Morgan fingerprint density at radius 3 is 2.20 bits per heavy atom. The van der Waals surface area contributed by atoms with E-state index < -0.39 is 17.5 Å². The molecule has 2 rings (SSSR count). The van der Waals surface area contributed by atoms with Gasteiger partial charge in [0.05, 0.1) is 0 Å². The van der Waals surface area contributed by atoms with Gasteiger partial charge in [-0.15, -0.1) is 0 Å². The summed E-state index contributed by atoms with van der Waals surface area (Å²) in [5, 5.41) is 2.72. The molecule has 0 saturated heterocycles. The maximum absolute atomic E-state index is 13.1. The van der Waals surface area contributed by atoms with Crippen LogP contribution in [0.15, 0.2) is 22.8 Å². The van der Waals surface area contributed by atoms with Crippen LogP contribution >= 0.6 is 15.9 Å². The van der Waals surface area contributed by atoms with Gasteiger partial charge in [-0.25, -0.2) is 23.1 Å². The minimum atomic E-state index is -1.50. The molecule has 2 aromatic rings. The van der Waals surface area contributed by atoms with E-state index in [-0.39, 0.29) is 11.6 Å². The van der Waals surface area contributed by atoms with Crippen molar-refractivity contribution in [3.8, 4) is 0 Å². The number of rotatable bonds is 3. The van der Waals surface area contributed by atoms with Crippen molar-refractivity contribution in [2.24, 2.45) is 0 Å². The third-order valence-corrected chi connectivity index (χ3v) is 2.89. The smallest absolute Gasteiger partial charge is 0.194 e. The average molecular weight is 346 g/mol. The van der Waals surface area contributed by atoms with Crippen LogP contribution in [0, 0.1) is 17.5 Å². The Morgan fingerprint density at radius 2 is 1.65 bits per heavy atom. The van der Waals surface area contributed by atoms with Crippen LogP contribution < -0.4 is 5.32 Å². The molecule has 7 heteroatoms. The van der Waals surface area contributed by atoms with Crippen molar-refractivity contribution in [1.29, 1.82) is 0 Å². The van der Waals surface area contributed by atoms with Crippen LogP contribution in [-0.4, -0.2) is 9.97 Å². The number of halogens is 4. The summed E-state index contributed by atoms with van der Waals surface area (Å²) in [4.78, 5) is 8.40. The van der Waals surface area contributed by atoms with Gasteiger partial charge in [0.1, 0.15) is 16.2 Å². The predicted octanol–water partition coefficient (Wildman–Crippen LogP) is 4.52. The highest BCUT2D eigenvalue weighted by Crippen LogP contribution is 2.23. The van der Waals surface area contributed by atoms with Crippen molar-refractivity contribution in [2.75, 3.05) is 5.32 Å². The molecule has 1 heterocycles. The number of hydrogen-bond acceptors (Lipinski definition) is 3. The van der Waals surface area contributed by atoms with Crippen LogP contribution in [0.5, 0.6) is 0 Å². The summed E-state index contributed by atoms with van der Waals surface area (Å²) in [6, 6.07) is 3.29. The van der Waals surface area contributed by atoms with E-state index in [1.165, 1.54) is 0 Å². The number of aromatic nitrogens is 2. The molecular formula is C13H11BrF3N3. The monoisotopic (exact) mass is 345 g/mol. The van der Waals surface area contributed by atoms with Gasteiger partial charge in [-0.1, -0.05) is 13.8 Å². The second-order valence-electron chi connectivity index (χ2n) is 4.47. The van der Waals surface area contributed by atoms with Gasteiger partial charge in [-0.05, 0) is 15.9 Å². The number of benzene rings is 1. The number of nitrogens with one attached hydrogen (secondary N) is 1. The van der Waals surface area contributed by atoms with Crippen LogP contribution in [-0.2, 0) is 0 Å². The first kappa shape index (κ1) is 14.8. The van der Waals surface area contributed by atoms with E-state index in [2.05, 4.69) is 31.2 Å². The van der Waals surface area contributed by atoms with Crippen molar-refractivity contribution in [3.63, 3.8) is 0 Å². The summed E-state index contributed by atoms with van der Waals surface area (Å²) in [5.41, 5.74) is 0.0710. The van der Waals surface area contributed by atoms with Crippen LogP contribution in [0.2, 0.25) is 0 Å². The molecule has 1 aromatic heterocycles. The Morgan fingerprint density at radius 1 is 1.05 bits per heavy atom. The quantitative estimate of drug-likeness (QED) is 0.656. The highest BCUT2D eigenvalue weighted by Gasteiger charge is 2.12. The van der Waals surface area contributed by atoms with Gasteiger partial charge in [0.2, 0.25) is 0 Å². The second-order valence-corrected chi connectivity index (χ2v) is 5.28. The summed E-state index contributed by atoms with van der Waals surface area (Å²) >= 11 is 3.24. The molecule has 0 bridgehead atoms. The summed E-state index contributed by atoms with van der Waals surface area (Å²) in [6.07, 6.45) is 0. The zero-order chi connectivity index (χ0) is 14.9. The van der Waals surface area contributed by atoms with E-state index in [1.54, 1.807) is 6.07 Å². The van der Waals surface area contributed by atoms with Gasteiger partial charge >= 0.3 is 0 Å². The van der Waals surface area contributed by atoms with E-state index in [9.17, 15) is 13.2 Å². The van der Waals surface area contributed by atoms with Gasteiger partial charge in [-0.2, -0.15) is 0 Å². The molecule has 106 valence electrons. The van der Waals surface area contributed by atoms with Gasteiger partial charge in [0, 0.05) is 29.8 Å². The molecule has 1 aromatic carbocycles. The van der Waals surface area contributed by atoms with Crippen LogP contribution in [0.3, 0.4) is 0 Å². The molecule has 0 spiro atoms. The standard InChI is InChI=1S/C13H11BrF3N3/c1-6(2)13-19-10(14)5-11(20-13)18-7-3-8(15)12(17)9(16)4-7/h3-6H,1-2H3,(H,18,19,20). The fourth-order valence-corrected chi connectivity index (χ4v) is 1.93. The van der Waals surface area contributed by atoms with E-state index in [0.717, 1.165) is 12.1 Å². The number of hydrogen-bond donors (Lipinski definition) is 1. The normalized spacial score (nSPS) is 10.9. The van der Waals surface area contributed by atoms with Gasteiger partial charge < -0.3 is 5.32 Å². The number of nitrogens with zero attached hydrogens (tertiary/aromatic N) is 2. The molecule has 0 unspecified atom stereocenters. The van der Waals surface area contributed by atoms with E-state index in [0.29, 0.717) is 16.2 Å². The van der Waals surface area contributed by atoms with E-state index in [4.69, 9.17) is 0 Å². The van der Waals surface area contributed by atoms with Gasteiger partial charge in [-0.3, -0.25) is 0 Å². The molecule has 20 heavy (non-hydrogen) atoms. The zero-order valence-electron chi connectivity index (χ0n) is 10.7. The molecular weight excluding hydrogens is 335 g/mol. The Labute approximate surface area is 122 Å². The van der Waals surface area contributed by atoms with Gasteiger partial charge in [0.25, 0.3) is 0 Å². The van der Waals surface area contributed by atoms with Crippen molar-refractivity contribution in [2.45, 2.75) is 19.8 Å². The zero-order valence-corrected chi connectivity index (χ0v) is 12.3. The lowest BCUT2D eigenvalue weighted by Gasteiger charge is -2.10. The lowest BCUT2D eigenvalue weighted by Crippen LogP contribution is -2.03. The SMILES string of the molecule is CC(C)c1nc(Br)cc(Nc2cc(F)c(F)c(F)c2)n1. The first-order chi connectivity index (χ1) is 9.36. The van der Waals surface area contributed by atoms with Crippen LogP contribution in [0.1, 0.15) is 25.6 Å². The summed E-state index contributed by atoms with van der Waals surface area (Å²) in [5.74, 6) is -2.99. The average Bonchev–Trinajstić information content (AvgIpc) is 2.35. The molecule has 3 nitrogen and oxygen atoms in total. The molecule has 1 N–H and O–H groups in total. The van der Waals surface area contributed by atoms with Crippen LogP contribution in [0.25, 0.3) is 0 Å². The van der Waals surface area contributed by atoms with Crippen molar-refractivity contribution >= 4 is 27.4 Å². The van der Waals surface area contributed by atoms with Crippen LogP contribution in [0.4, 0.5) is 24.7 Å². The van der Waals surface area contributed by atoms with Crippen molar-refractivity contribution in [3.05, 3.63) is 46.1 Å². The lowest BCUT2D eigenvalue weighted by molar-refractivity contribution is 0.448. The molecule has 0 aliphatic heterocycles. The first-order valence-electron chi connectivity index (χ1n) is 5.83. The Bertz CT molecular complexity index is 624. The minimum Gasteiger partial charge on any atom is -0.340 e. The second kappa shape index (κ2) is 5.78. The largest absolute Gasteiger partial charge is 0.340 e. The van der Waals surface area contributed by atoms with Crippen molar-refractivity contribution in [1.82, 2.24) is 9.97 Å². The molecule has 0 atom stereocenters. The predicted molar refractivity (Wildman–Crippen MR) is 73.4 cm³/mol. The Hall–Kier alpha value is -1.63. The first-order valence-corrected chi connectivity index (χ1v) is 6.62. The maximum Gasteiger partial charge on any atom is 0.194 e. The Kier molecular flexibility index (Phi) is 4.27. The molecule has 0 saturated carbocycles. The van der Waals surface area contributed by atoms with E-state index in [1.807, 2.05) is 13.8 Å². The molecule has 0 amide bonds. The molecule has 0 aliphatic rings. The Balaban J connectivity index is 2.35. The molecule has 0 fully saturated rings. The van der Waals surface area contributed by atoms with Crippen molar-refractivity contribution < 1.29 is 13.2 Å². The summed E-state index contributed by atoms with van der Waals surface area (Å²) < 4.78 is 39.7. The maximum atomic E-state index is 13.1.